The van der Waals surface area contributed by atoms with E-state index in [1.165, 1.54) is 33.0 Å². The summed E-state index contributed by atoms with van der Waals surface area (Å²) >= 11 is 0. The molecule has 3 rings (SSSR count). The van der Waals surface area contributed by atoms with Gasteiger partial charge < -0.3 is 8.39 Å². The molecule has 0 saturated heterocycles. The summed E-state index contributed by atoms with van der Waals surface area (Å²) in [5.41, 5.74) is 7.43. The highest BCUT2D eigenvalue weighted by Crippen LogP contribution is 2.48. The van der Waals surface area contributed by atoms with Crippen LogP contribution in [0.1, 0.15) is 125 Å². The van der Waals surface area contributed by atoms with Crippen LogP contribution < -0.4 is 0 Å². The average Bonchev–Trinajstić information content (AvgIpc) is 2.80. The molecule has 0 atom stereocenters. The SMILES string of the molecule is CC(C)p1oc2c(C(C)(C)C)cc(C(C)(C)C)cc2c2cc(C(C)(C)C)cc(C(C)(C)C)c2o1. The monoisotopic (exact) mass is 482 g/mol. The first kappa shape index (κ1) is 26.9. The average molecular weight is 483 g/mol. The molecule has 3 aromatic rings. The van der Waals surface area contributed by atoms with Crippen LogP contribution in [0, 0.1) is 0 Å². The van der Waals surface area contributed by atoms with Gasteiger partial charge in [-0.3, -0.25) is 0 Å². The van der Waals surface area contributed by atoms with Gasteiger partial charge in [-0.05, 0) is 58.8 Å². The largest absolute Gasteiger partial charge is 0.419 e. The first-order chi connectivity index (χ1) is 15.2. The molecule has 2 nitrogen and oxygen atoms in total. The van der Waals surface area contributed by atoms with Crippen molar-refractivity contribution in [2.75, 3.05) is 0 Å². The number of benzene rings is 2. The lowest BCUT2D eigenvalue weighted by Gasteiger charge is -2.27. The highest BCUT2D eigenvalue weighted by Gasteiger charge is 2.28. The third kappa shape index (κ3) is 5.28. The maximum Gasteiger partial charge on any atom is 0.219 e. The fourth-order valence-electron chi connectivity index (χ4n) is 4.24. The first-order valence-corrected chi connectivity index (χ1v) is 14.0. The lowest BCUT2D eigenvalue weighted by atomic mass is 9.77. The van der Waals surface area contributed by atoms with Gasteiger partial charge in [0.1, 0.15) is 11.2 Å². The van der Waals surface area contributed by atoms with Crippen LogP contribution in [-0.2, 0) is 21.7 Å². The van der Waals surface area contributed by atoms with E-state index in [2.05, 4.69) is 121 Å². The van der Waals surface area contributed by atoms with Gasteiger partial charge in [-0.1, -0.05) is 95.2 Å². The molecule has 1 aromatic heterocycles. The summed E-state index contributed by atoms with van der Waals surface area (Å²) in [6.45, 7) is 31.9. The van der Waals surface area contributed by atoms with Gasteiger partial charge in [0.05, 0.1) is 5.66 Å². The van der Waals surface area contributed by atoms with Gasteiger partial charge in [-0.2, -0.15) is 0 Å². The molecular formula is C31H47O2P. The molecule has 1 heterocycles. The van der Waals surface area contributed by atoms with Crippen molar-refractivity contribution in [3.05, 3.63) is 46.5 Å². The van der Waals surface area contributed by atoms with Gasteiger partial charge >= 0.3 is 0 Å². The Bertz CT molecular complexity index is 1150. The molecule has 0 N–H and O–H groups in total. The summed E-state index contributed by atoms with van der Waals surface area (Å²) < 4.78 is 13.7. The Balaban J connectivity index is 2.79. The van der Waals surface area contributed by atoms with E-state index in [0.29, 0.717) is 0 Å². The highest BCUT2D eigenvalue weighted by molar-refractivity contribution is 7.37. The molecule has 0 aliphatic carbocycles. The zero-order valence-electron chi connectivity index (χ0n) is 24.2. The molecule has 34 heavy (non-hydrogen) atoms. The number of hydrogen-bond donors (Lipinski definition) is 0. The maximum atomic E-state index is 6.86. The Hall–Kier alpha value is -1.66. The van der Waals surface area contributed by atoms with Gasteiger partial charge in [0.2, 0.25) is 8.01 Å². The zero-order chi connectivity index (χ0) is 26.0. The van der Waals surface area contributed by atoms with Crippen molar-refractivity contribution in [1.29, 1.82) is 0 Å². The van der Waals surface area contributed by atoms with Crippen molar-refractivity contribution < 1.29 is 8.39 Å². The number of hydrogen-bond acceptors (Lipinski definition) is 2. The normalized spacial score (nSPS) is 13.9. The molecule has 0 radical (unpaired) electrons. The Kier molecular flexibility index (Phi) is 6.72. The molecule has 0 aliphatic heterocycles. The highest BCUT2D eigenvalue weighted by atomic mass is 31.1. The van der Waals surface area contributed by atoms with Gasteiger partial charge in [0, 0.05) is 21.9 Å². The molecule has 3 heteroatoms. The molecule has 0 aliphatic rings. The van der Waals surface area contributed by atoms with Crippen LogP contribution in [0.5, 0.6) is 0 Å². The van der Waals surface area contributed by atoms with Crippen molar-refractivity contribution in [2.45, 2.75) is 124 Å². The molecule has 0 saturated carbocycles. The Morgan fingerprint density at radius 1 is 0.529 bits per heavy atom. The van der Waals surface area contributed by atoms with Gasteiger partial charge in [0.15, 0.2) is 0 Å². The standard InChI is InChI=1S/C31H47O2P/c1-19(2)34-32-26-22(15-20(28(3,4)5)17-24(26)30(9,10)11)23-16-21(29(6,7)8)18-25(27(23)33-34)31(12,13)14/h15-19H,1-14H3. The summed E-state index contributed by atoms with van der Waals surface area (Å²) in [5.74, 6) is 0. The van der Waals surface area contributed by atoms with Crippen LogP contribution in [0.2, 0.25) is 0 Å². The molecule has 2 aromatic carbocycles. The Labute approximate surface area is 209 Å². The van der Waals surface area contributed by atoms with Crippen LogP contribution in [0.4, 0.5) is 0 Å². The predicted molar refractivity (Wildman–Crippen MR) is 152 cm³/mol. The van der Waals surface area contributed by atoms with Gasteiger partial charge in [-0.15, -0.1) is 0 Å². The summed E-state index contributed by atoms with van der Waals surface area (Å²) in [5, 5.41) is 2.35. The van der Waals surface area contributed by atoms with Crippen LogP contribution in [-0.4, -0.2) is 0 Å². The third-order valence-electron chi connectivity index (χ3n) is 6.60. The van der Waals surface area contributed by atoms with Crippen molar-refractivity contribution in [3.63, 3.8) is 0 Å². The molecule has 0 bridgehead atoms. The first-order valence-electron chi connectivity index (χ1n) is 12.7. The van der Waals surface area contributed by atoms with Crippen LogP contribution in [0.15, 0.2) is 32.7 Å². The van der Waals surface area contributed by atoms with E-state index < -0.39 is 8.01 Å². The van der Waals surface area contributed by atoms with E-state index in [1.54, 1.807) is 0 Å². The van der Waals surface area contributed by atoms with Crippen LogP contribution >= 0.6 is 8.01 Å². The molecule has 188 valence electrons. The lowest BCUT2D eigenvalue weighted by Crippen LogP contribution is -2.17. The second-order valence-electron chi connectivity index (χ2n) is 14.4. The summed E-state index contributed by atoms with van der Waals surface area (Å²) in [7, 11) is -1.13. The minimum absolute atomic E-state index is 0.0274. The van der Waals surface area contributed by atoms with Crippen LogP contribution in [0.3, 0.4) is 0 Å². The van der Waals surface area contributed by atoms with Gasteiger partial charge in [-0.25, -0.2) is 0 Å². The smallest absolute Gasteiger partial charge is 0.219 e. The molecule has 0 unspecified atom stereocenters. The summed E-state index contributed by atoms with van der Waals surface area (Å²) in [6.07, 6.45) is 0. The zero-order valence-corrected chi connectivity index (χ0v) is 25.0. The Morgan fingerprint density at radius 2 is 0.853 bits per heavy atom. The van der Waals surface area contributed by atoms with E-state index >= 15 is 0 Å². The fraction of sp³-hybridized carbons (Fsp3) is 0.613. The van der Waals surface area contributed by atoms with Crippen molar-refractivity contribution in [3.8, 4) is 0 Å². The van der Waals surface area contributed by atoms with E-state index in [9.17, 15) is 0 Å². The van der Waals surface area contributed by atoms with E-state index in [-0.39, 0.29) is 27.3 Å². The fourth-order valence-corrected chi connectivity index (χ4v) is 5.46. The van der Waals surface area contributed by atoms with E-state index in [1.807, 2.05) is 0 Å². The van der Waals surface area contributed by atoms with Crippen molar-refractivity contribution >= 4 is 30.0 Å². The van der Waals surface area contributed by atoms with E-state index in [0.717, 1.165) is 11.2 Å². The number of fused-ring (bicyclic) bond motifs is 3. The minimum atomic E-state index is -1.13. The summed E-state index contributed by atoms with van der Waals surface area (Å²) in [4.78, 5) is 0. The Morgan fingerprint density at radius 3 is 1.09 bits per heavy atom. The molecular weight excluding hydrogens is 435 g/mol. The second kappa shape index (κ2) is 8.48. The summed E-state index contributed by atoms with van der Waals surface area (Å²) in [6, 6.07) is 9.47. The number of rotatable bonds is 1. The topological polar surface area (TPSA) is 26.3 Å². The second-order valence-corrected chi connectivity index (χ2v) is 16.3. The molecule has 0 amide bonds. The van der Waals surface area contributed by atoms with Gasteiger partial charge in [0.25, 0.3) is 0 Å². The quantitative estimate of drug-likeness (QED) is 0.345. The predicted octanol–water partition coefficient (Wildman–Crippen LogP) is 11.1. The maximum absolute atomic E-state index is 6.86. The third-order valence-corrected chi connectivity index (χ3v) is 8.17. The lowest BCUT2D eigenvalue weighted by molar-refractivity contribution is 0.552. The van der Waals surface area contributed by atoms with E-state index in [4.69, 9.17) is 8.39 Å². The van der Waals surface area contributed by atoms with Crippen molar-refractivity contribution in [2.24, 2.45) is 0 Å². The van der Waals surface area contributed by atoms with Crippen molar-refractivity contribution in [1.82, 2.24) is 0 Å². The minimum Gasteiger partial charge on any atom is -0.419 e. The van der Waals surface area contributed by atoms with Crippen LogP contribution in [0.25, 0.3) is 21.9 Å². The molecule has 0 spiro atoms. The molecule has 0 fully saturated rings.